The van der Waals surface area contributed by atoms with Crippen LogP contribution in [-0.2, 0) is 9.59 Å². The number of carbonyl (C=O) groups is 3. The standard InChI is InChI=1S/C20H17BrN2O6/c21-14-4-2-13(3-5-14)19(26)23-15(20(27)22-8-7-18(24)25)9-12-1-6-16-17(10-12)29-11-28-16/h1-6,9-10H,7-8,11H2,(H,22,27)(H,23,26)(H,24,25)/b15-9+. The molecule has 0 atom stereocenters. The minimum absolute atomic E-state index is 0.0258. The first-order chi connectivity index (χ1) is 13.9. The molecule has 0 fully saturated rings. The van der Waals surface area contributed by atoms with Gasteiger partial charge in [-0.15, -0.1) is 0 Å². The minimum atomic E-state index is -1.04. The van der Waals surface area contributed by atoms with E-state index in [4.69, 9.17) is 14.6 Å². The highest BCUT2D eigenvalue weighted by atomic mass is 79.9. The van der Waals surface area contributed by atoms with E-state index in [2.05, 4.69) is 26.6 Å². The molecular weight excluding hydrogens is 444 g/mol. The third kappa shape index (κ3) is 5.58. The first-order valence-electron chi connectivity index (χ1n) is 8.60. The summed E-state index contributed by atoms with van der Waals surface area (Å²) in [6, 6.07) is 11.7. The molecule has 8 nitrogen and oxygen atoms in total. The van der Waals surface area contributed by atoms with Crippen LogP contribution in [0.3, 0.4) is 0 Å². The summed E-state index contributed by atoms with van der Waals surface area (Å²) < 4.78 is 11.4. The number of hydrogen-bond donors (Lipinski definition) is 3. The summed E-state index contributed by atoms with van der Waals surface area (Å²) in [7, 11) is 0. The lowest BCUT2D eigenvalue weighted by molar-refractivity contribution is -0.136. The zero-order valence-electron chi connectivity index (χ0n) is 15.1. The molecule has 3 N–H and O–H groups in total. The molecule has 0 bridgehead atoms. The van der Waals surface area contributed by atoms with Gasteiger partial charge in [-0.3, -0.25) is 14.4 Å². The van der Waals surface area contributed by atoms with E-state index in [1.165, 1.54) is 6.08 Å². The van der Waals surface area contributed by atoms with Crippen molar-refractivity contribution in [1.82, 2.24) is 10.6 Å². The predicted octanol–water partition coefficient (Wildman–Crippen LogP) is 2.54. The van der Waals surface area contributed by atoms with Crippen LogP contribution in [0.4, 0.5) is 0 Å². The van der Waals surface area contributed by atoms with E-state index >= 15 is 0 Å². The summed E-state index contributed by atoms with van der Waals surface area (Å²) >= 11 is 3.30. The first-order valence-corrected chi connectivity index (χ1v) is 9.40. The topological polar surface area (TPSA) is 114 Å². The Morgan fingerprint density at radius 1 is 1.07 bits per heavy atom. The quantitative estimate of drug-likeness (QED) is 0.547. The number of rotatable bonds is 7. The lowest BCUT2D eigenvalue weighted by Gasteiger charge is -2.11. The van der Waals surface area contributed by atoms with Gasteiger partial charge in [0.15, 0.2) is 11.5 Å². The third-order valence-electron chi connectivity index (χ3n) is 3.93. The number of carboxylic acids is 1. The molecule has 150 valence electrons. The average Bonchev–Trinajstić information content (AvgIpc) is 3.15. The molecule has 2 aromatic carbocycles. The van der Waals surface area contributed by atoms with Crippen molar-refractivity contribution in [1.29, 1.82) is 0 Å². The average molecular weight is 461 g/mol. The zero-order valence-corrected chi connectivity index (χ0v) is 16.7. The van der Waals surface area contributed by atoms with Gasteiger partial charge in [0.2, 0.25) is 6.79 Å². The van der Waals surface area contributed by atoms with Gasteiger partial charge in [-0.1, -0.05) is 22.0 Å². The van der Waals surface area contributed by atoms with Crippen LogP contribution >= 0.6 is 15.9 Å². The van der Waals surface area contributed by atoms with Gasteiger partial charge < -0.3 is 25.2 Å². The second kappa shape index (κ2) is 9.24. The molecular formula is C20H17BrN2O6. The molecule has 1 heterocycles. The molecule has 0 unspecified atom stereocenters. The maximum absolute atomic E-state index is 12.5. The SMILES string of the molecule is O=C(O)CCNC(=O)/C(=C\c1ccc2c(c1)OCO2)NC(=O)c1ccc(Br)cc1. The Bertz CT molecular complexity index is 971. The number of hydrogen-bond acceptors (Lipinski definition) is 5. The first kappa shape index (κ1) is 20.4. The molecule has 3 rings (SSSR count). The molecule has 0 spiro atoms. The molecule has 1 aliphatic heterocycles. The van der Waals surface area contributed by atoms with Crippen LogP contribution in [0.15, 0.2) is 52.6 Å². The molecule has 0 saturated carbocycles. The highest BCUT2D eigenvalue weighted by Crippen LogP contribution is 2.33. The Kier molecular flexibility index (Phi) is 6.50. The number of halogens is 1. The van der Waals surface area contributed by atoms with Crippen molar-refractivity contribution in [2.45, 2.75) is 6.42 Å². The second-order valence-electron chi connectivity index (χ2n) is 6.03. The van der Waals surface area contributed by atoms with Crippen molar-refractivity contribution >= 4 is 39.8 Å². The van der Waals surface area contributed by atoms with E-state index in [0.717, 1.165) is 4.47 Å². The van der Waals surface area contributed by atoms with E-state index in [9.17, 15) is 14.4 Å². The third-order valence-corrected chi connectivity index (χ3v) is 4.46. The van der Waals surface area contributed by atoms with Crippen LogP contribution in [0.5, 0.6) is 11.5 Å². The van der Waals surface area contributed by atoms with Gasteiger partial charge in [0.1, 0.15) is 5.70 Å². The number of carboxylic acid groups (broad SMARTS) is 1. The van der Waals surface area contributed by atoms with Crippen molar-refractivity contribution < 1.29 is 29.0 Å². The molecule has 29 heavy (non-hydrogen) atoms. The molecule has 0 saturated heterocycles. The van der Waals surface area contributed by atoms with Crippen molar-refractivity contribution in [3.63, 3.8) is 0 Å². The Morgan fingerprint density at radius 3 is 2.52 bits per heavy atom. The van der Waals surface area contributed by atoms with Crippen LogP contribution in [-0.4, -0.2) is 36.2 Å². The largest absolute Gasteiger partial charge is 0.481 e. The van der Waals surface area contributed by atoms with E-state index < -0.39 is 17.8 Å². The Hall–Kier alpha value is -3.33. The van der Waals surface area contributed by atoms with Crippen LogP contribution in [0.1, 0.15) is 22.3 Å². The molecule has 2 aromatic rings. The number of ether oxygens (including phenoxy) is 2. The number of carbonyl (C=O) groups excluding carboxylic acids is 2. The lowest BCUT2D eigenvalue weighted by Crippen LogP contribution is -2.35. The van der Waals surface area contributed by atoms with Crippen molar-refractivity contribution in [2.24, 2.45) is 0 Å². The smallest absolute Gasteiger partial charge is 0.305 e. The molecule has 9 heteroatoms. The van der Waals surface area contributed by atoms with Crippen LogP contribution in [0, 0.1) is 0 Å². The fraction of sp³-hybridized carbons (Fsp3) is 0.150. The highest BCUT2D eigenvalue weighted by molar-refractivity contribution is 9.10. The molecule has 0 radical (unpaired) electrons. The zero-order chi connectivity index (χ0) is 20.8. The summed E-state index contributed by atoms with van der Waals surface area (Å²) in [5.74, 6) is -0.991. The maximum Gasteiger partial charge on any atom is 0.305 e. The highest BCUT2D eigenvalue weighted by Gasteiger charge is 2.17. The second-order valence-corrected chi connectivity index (χ2v) is 6.95. The van der Waals surface area contributed by atoms with Crippen molar-refractivity contribution in [3.05, 3.63) is 63.8 Å². The fourth-order valence-corrected chi connectivity index (χ4v) is 2.77. The van der Waals surface area contributed by atoms with Crippen LogP contribution in [0.25, 0.3) is 6.08 Å². The summed E-state index contributed by atoms with van der Waals surface area (Å²) in [6.07, 6.45) is 1.25. The normalized spacial score (nSPS) is 12.4. The van der Waals surface area contributed by atoms with Gasteiger partial charge in [0, 0.05) is 16.6 Å². The van der Waals surface area contributed by atoms with Gasteiger partial charge in [0.25, 0.3) is 11.8 Å². The van der Waals surface area contributed by atoms with E-state index in [-0.39, 0.29) is 25.5 Å². The molecule has 1 aliphatic rings. The predicted molar refractivity (Wildman–Crippen MR) is 107 cm³/mol. The van der Waals surface area contributed by atoms with Crippen LogP contribution in [0.2, 0.25) is 0 Å². The molecule has 0 aromatic heterocycles. The lowest BCUT2D eigenvalue weighted by atomic mass is 10.1. The number of fused-ring (bicyclic) bond motifs is 1. The number of nitrogens with one attached hydrogen (secondary N) is 2. The monoisotopic (exact) mass is 460 g/mol. The van der Waals surface area contributed by atoms with Crippen molar-refractivity contribution in [2.75, 3.05) is 13.3 Å². The van der Waals surface area contributed by atoms with E-state index in [1.54, 1.807) is 42.5 Å². The summed E-state index contributed by atoms with van der Waals surface area (Å²) in [6.45, 7) is 0.0478. The van der Waals surface area contributed by atoms with Gasteiger partial charge in [0.05, 0.1) is 6.42 Å². The van der Waals surface area contributed by atoms with Gasteiger partial charge in [-0.2, -0.15) is 0 Å². The molecule has 0 aliphatic carbocycles. The summed E-state index contributed by atoms with van der Waals surface area (Å²) in [5.41, 5.74) is 0.944. The maximum atomic E-state index is 12.5. The fourth-order valence-electron chi connectivity index (χ4n) is 2.50. The van der Waals surface area contributed by atoms with E-state index in [1.807, 2.05) is 0 Å². The van der Waals surface area contributed by atoms with Gasteiger partial charge >= 0.3 is 5.97 Å². The Labute approximate surface area is 174 Å². The number of amides is 2. The number of aliphatic carboxylic acids is 1. The van der Waals surface area contributed by atoms with E-state index in [0.29, 0.717) is 22.6 Å². The summed E-state index contributed by atoms with van der Waals surface area (Å²) in [4.78, 5) is 35.8. The molecule has 2 amide bonds. The van der Waals surface area contributed by atoms with Gasteiger partial charge in [-0.05, 0) is 48.0 Å². The van der Waals surface area contributed by atoms with Crippen LogP contribution < -0.4 is 20.1 Å². The Morgan fingerprint density at radius 2 is 1.79 bits per heavy atom. The van der Waals surface area contributed by atoms with Gasteiger partial charge in [-0.25, -0.2) is 0 Å². The Balaban J connectivity index is 1.82. The summed E-state index contributed by atoms with van der Waals surface area (Å²) in [5, 5.41) is 13.8. The minimum Gasteiger partial charge on any atom is -0.481 e. The van der Waals surface area contributed by atoms with Crippen molar-refractivity contribution in [3.8, 4) is 11.5 Å². The number of benzene rings is 2.